The fourth-order valence-corrected chi connectivity index (χ4v) is 1.98. The summed E-state index contributed by atoms with van der Waals surface area (Å²) in [5.74, 6) is 0.722. The Balaban J connectivity index is 2.36. The highest BCUT2D eigenvalue weighted by atomic mass is 16.6. The first kappa shape index (κ1) is 15.0. The second-order valence-corrected chi connectivity index (χ2v) is 4.76. The molecule has 0 saturated heterocycles. The van der Waals surface area contributed by atoms with E-state index in [4.69, 9.17) is 4.74 Å². The zero-order valence-electron chi connectivity index (χ0n) is 11.9. The largest absolute Gasteiger partial charge is 0.450 e. The van der Waals surface area contributed by atoms with E-state index in [0.717, 1.165) is 12.0 Å². The van der Waals surface area contributed by atoms with Crippen LogP contribution < -0.4 is 4.74 Å². The van der Waals surface area contributed by atoms with Crippen molar-refractivity contribution in [3.8, 4) is 11.5 Å². The van der Waals surface area contributed by atoms with Crippen LogP contribution in [0, 0.1) is 10.1 Å². The average molecular weight is 287 g/mol. The Bertz CT molecular complexity index is 652. The van der Waals surface area contributed by atoms with Gasteiger partial charge in [-0.1, -0.05) is 25.1 Å². The lowest BCUT2D eigenvalue weighted by atomic mass is 10.1. The molecule has 0 bridgehead atoms. The van der Waals surface area contributed by atoms with Crippen LogP contribution in [0.25, 0.3) is 0 Å². The number of rotatable bonds is 5. The summed E-state index contributed by atoms with van der Waals surface area (Å²) in [6.07, 6.45) is 0.0986. The molecule has 5 nitrogen and oxygen atoms in total. The number of hydrogen-bond donors (Lipinski definition) is 1. The van der Waals surface area contributed by atoms with Crippen molar-refractivity contribution in [3.63, 3.8) is 0 Å². The lowest BCUT2D eigenvalue weighted by molar-refractivity contribution is -0.385. The molecular weight excluding hydrogens is 270 g/mol. The fraction of sp³-hybridized carbons (Fsp3) is 0.250. The average Bonchev–Trinajstić information content (AvgIpc) is 2.47. The van der Waals surface area contributed by atoms with Gasteiger partial charge in [-0.05, 0) is 42.7 Å². The van der Waals surface area contributed by atoms with Gasteiger partial charge in [0.2, 0.25) is 5.75 Å². The number of nitro groups is 1. The molecule has 0 spiro atoms. The van der Waals surface area contributed by atoms with E-state index in [2.05, 4.69) is 0 Å². The van der Waals surface area contributed by atoms with Gasteiger partial charge in [0, 0.05) is 6.07 Å². The van der Waals surface area contributed by atoms with E-state index in [9.17, 15) is 15.2 Å². The van der Waals surface area contributed by atoms with Crippen LogP contribution in [0.15, 0.2) is 42.5 Å². The van der Waals surface area contributed by atoms with Gasteiger partial charge in [-0.15, -0.1) is 0 Å². The molecule has 2 rings (SSSR count). The number of benzene rings is 2. The third-order valence-corrected chi connectivity index (χ3v) is 3.20. The lowest BCUT2D eigenvalue weighted by Gasteiger charge is -2.10. The van der Waals surface area contributed by atoms with Gasteiger partial charge in [-0.2, -0.15) is 0 Å². The Morgan fingerprint density at radius 2 is 2.05 bits per heavy atom. The molecule has 0 heterocycles. The molecule has 1 N–H and O–H groups in total. The summed E-state index contributed by atoms with van der Waals surface area (Å²) in [5, 5.41) is 20.7. The summed E-state index contributed by atoms with van der Waals surface area (Å²) in [5.41, 5.74) is 1.42. The van der Waals surface area contributed by atoms with Gasteiger partial charge in [0.05, 0.1) is 11.0 Å². The van der Waals surface area contributed by atoms with Crippen molar-refractivity contribution in [3.05, 3.63) is 63.7 Å². The number of aliphatic hydroxyl groups is 1. The minimum atomic E-state index is -0.763. The maximum absolute atomic E-state index is 11.2. The van der Waals surface area contributed by atoms with Crippen LogP contribution in [-0.2, 0) is 6.42 Å². The van der Waals surface area contributed by atoms with Crippen LogP contribution in [-0.4, -0.2) is 10.0 Å². The van der Waals surface area contributed by atoms with Crippen LogP contribution in [0.3, 0.4) is 0 Å². The van der Waals surface area contributed by atoms with Crippen molar-refractivity contribution in [1.29, 1.82) is 0 Å². The molecule has 2 aromatic carbocycles. The predicted molar refractivity (Wildman–Crippen MR) is 79.6 cm³/mol. The lowest BCUT2D eigenvalue weighted by Crippen LogP contribution is -1.97. The molecule has 21 heavy (non-hydrogen) atoms. The van der Waals surface area contributed by atoms with E-state index in [1.54, 1.807) is 19.1 Å². The highest BCUT2D eigenvalue weighted by Crippen LogP contribution is 2.33. The smallest absolute Gasteiger partial charge is 0.311 e. The Hall–Kier alpha value is -2.40. The van der Waals surface area contributed by atoms with E-state index in [-0.39, 0.29) is 11.4 Å². The molecule has 0 aromatic heterocycles. The van der Waals surface area contributed by atoms with Crippen LogP contribution in [0.4, 0.5) is 5.69 Å². The predicted octanol–water partition coefficient (Wildman–Crippen LogP) is 4.00. The van der Waals surface area contributed by atoms with Gasteiger partial charge in [0.1, 0.15) is 5.75 Å². The molecule has 0 radical (unpaired) electrons. The number of ether oxygens (including phenoxy) is 1. The fourth-order valence-electron chi connectivity index (χ4n) is 1.98. The number of hydrogen-bond acceptors (Lipinski definition) is 4. The quantitative estimate of drug-likeness (QED) is 0.666. The first-order valence-corrected chi connectivity index (χ1v) is 6.74. The number of aliphatic hydroxyl groups excluding tert-OH is 1. The van der Waals surface area contributed by atoms with Crippen molar-refractivity contribution in [2.45, 2.75) is 26.4 Å². The molecule has 0 aliphatic rings. The minimum absolute atomic E-state index is 0.157. The van der Waals surface area contributed by atoms with Crippen molar-refractivity contribution in [2.24, 2.45) is 0 Å². The summed E-state index contributed by atoms with van der Waals surface area (Å²) >= 11 is 0. The van der Waals surface area contributed by atoms with Crippen molar-refractivity contribution < 1.29 is 14.8 Å². The number of nitrogens with zero attached hydrogens (tertiary/aromatic N) is 1. The standard InChI is InChI=1S/C16H17NO4/c1-3-12-5-4-6-14(9-12)21-16-8-7-13(11(2)18)10-15(16)17(19)20/h4-11,18H,3H2,1-2H3/t11-/m1/s1. The van der Waals surface area contributed by atoms with E-state index < -0.39 is 11.0 Å². The molecule has 5 heteroatoms. The molecule has 0 aliphatic heterocycles. The molecule has 0 unspecified atom stereocenters. The topological polar surface area (TPSA) is 72.6 Å². The van der Waals surface area contributed by atoms with Crippen molar-refractivity contribution >= 4 is 5.69 Å². The zero-order valence-corrected chi connectivity index (χ0v) is 11.9. The molecule has 2 aromatic rings. The molecule has 110 valence electrons. The van der Waals surface area contributed by atoms with E-state index in [1.165, 1.54) is 12.1 Å². The van der Waals surface area contributed by atoms with Gasteiger partial charge < -0.3 is 9.84 Å². The van der Waals surface area contributed by atoms with Gasteiger partial charge in [-0.3, -0.25) is 10.1 Å². The Morgan fingerprint density at radius 1 is 1.29 bits per heavy atom. The zero-order chi connectivity index (χ0) is 15.4. The normalized spacial score (nSPS) is 12.0. The Labute approximate surface area is 123 Å². The molecule has 1 atom stereocenters. The first-order valence-electron chi connectivity index (χ1n) is 6.74. The monoisotopic (exact) mass is 287 g/mol. The third-order valence-electron chi connectivity index (χ3n) is 3.20. The third kappa shape index (κ3) is 3.58. The molecule has 0 aliphatic carbocycles. The summed E-state index contributed by atoms with van der Waals surface area (Å²) in [6, 6.07) is 11.9. The van der Waals surface area contributed by atoms with Crippen LogP contribution >= 0.6 is 0 Å². The van der Waals surface area contributed by atoms with E-state index in [1.807, 2.05) is 25.1 Å². The van der Waals surface area contributed by atoms with E-state index >= 15 is 0 Å². The van der Waals surface area contributed by atoms with Crippen molar-refractivity contribution in [1.82, 2.24) is 0 Å². The maximum atomic E-state index is 11.2. The van der Waals surface area contributed by atoms with Crippen LogP contribution in [0.5, 0.6) is 11.5 Å². The van der Waals surface area contributed by atoms with Crippen LogP contribution in [0.1, 0.15) is 31.1 Å². The van der Waals surface area contributed by atoms with Gasteiger partial charge in [-0.25, -0.2) is 0 Å². The first-order chi connectivity index (χ1) is 10.0. The summed E-state index contributed by atoms with van der Waals surface area (Å²) in [7, 11) is 0. The van der Waals surface area contributed by atoms with Gasteiger partial charge in [0.15, 0.2) is 0 Å². The Morgan fingerprint density at radius 3 is 2.67 bits per heavy atom. The summed E-state index contributed by atoms with van der Waals surface area (Å²) in [6.45, 7) is 3.59. The molecule has 0 fully saturated rings. The van der Waals surface area contributed by atoms with Crippen LogP contribution in [0.2, 0.25) is 0 Å². The van der Waals surface area contributed by atoms with Gasteiger partial charge >= 0.3 is 5.69 Å². The highest BCUT2D eigenvalue weighted by molar-refractivity contribution is 5.51. The molecule has 0 saturated carbocycles. The highest BCUT2D eigenvalue weighted by Gasteiger charge is 2.18. The second kappa shape index (κ2) is 6.37. The van der Waals surface area contributed by atoms with E-state index in [0.29, 0.717) is 11.3 Å². The molecular formula is C16H17NO4. The maximum Gasteiger partial charge on any atom is 0.311 e. The van der Waals surface area contributed by atoms with Gasteiger partial charge in [0.25, 0.3) is 0 Å². The summed E-state index contributed by atoms with van der Waals surface area (Å²) < 4.78 is 5.62. The minimum Gasteiger partial charge on any atom is -0.450 e. The molecule has 0 amide bonds. The van der Waals surface area contributed by atoms with Crippen molar-refractivity contribution in [2.75, 3.05) is 0 Å². The number of nitro benzene ring substituents is 1. The number of aryl methyl sites for hydroxylation is 1. The summed E-state index contributed by atoms with van der Waals surface area (Å²) in [4.78, 5) is 10.6. The Kier molecular flexibility index (Phi) is 4.55. The second-order valence-electron chi connectivity index (χ2n) is 4.76. The SMILES string of the molecule is CCc1cccc(Oc2ccc([C@@H](C)O)cc2[N+](=O)[O-])c1.